The Kier molecular flexibility index (Phi) is 2.32. The fourth-order valence-corrected chi connectivity index (χ4v) is 0.827. The minimum absolute atomic E-state index is 0.108. The fourth-order valence-electron chi connectivity index (χ4n) is 0.827. The predicted molar refractivity (Wildman–Crippen MR) is 37.7 cm³/mol. The summed E-state index contributed by atoms with van der Waals surface area (Å²) < 4.78 is 51.4. The highest BCUT2D eigenvalue weighted by Gasteiger charge is 2.56. The van der Waals surface area contributed by atoms with Crippen LogP contribution in [0.25, 0.3) is 0 Å². The molecule has 0 saturated heterocycles. The third-order valence-corrected chi connectivity index (χ3v) is 1.71. The molecule has 0 radical (unpaired) electrons. The van der Waals surface area contributed by atoms with Crippen LogP contribution in [0, 0.1) is 0 Å². The number of hydrogen-bond acceptors (Lipinski definition) is 1. The lowest BCUT2D eigenvalue weighted by molar-refractivity contribution is -0.261. The lowest BCUT2D eigenvalue weighted by atomic mass is 10.2. The van der Waals surface area contributed by atoms with Crippen molar-refractivity contribution in [2.45, 2.75) is 25.3 Å². The Morgan fingerprint density at radius 2 is 1.92 bits per heavy atom. The zero-order valence-corrected chi connectivity index (χ0v) is 6.85. The zero-order valence-electron chi connectivity index (χ0n) is 6.85. The van der Waals surface area contributed by atoms with Crippen LogP contribution in [0.3, 0.4) is 0 Å². The number of halogens is 4. The average molecular weight is 196 g/mol. The van der Waals surface area contributed by atoms with Crippen LogP contribution in [0.4, 0.5) is 17.6 Å². The lowest BCUT2D eigenvalue weighted by Crippen LogP contribution is -2.41. The van der Waals surface area contributed by atoms with E-state index in [-0.39, 0.29) is 4.57 Å². The summed E-state index contributed by atoms with van der Waals surface area (Å²) in [7, 11) is 0. The second-order valence-corrected chi connectivity index (χ2v) is 2.57. The SMILES string of the molecule is CCC(F)(F)C(F)(F)n1ccnc1. The molecular weight excluding hydrogens is 188 g/mol. The number of hydrogen-bond donors (Lipinski definition) is 0. The number of nitrogens with zero attached hydrogens (tertiary/aromatic N) is 2. The van der Waals surface area contributed by atoms with Crippen LogP contribution in [-0.2, 0) is 6.05 Å². The molecular formula is C7H8F4N2. The van der Waals surface area contributed by atoms with E-state index in [1.807, 2.05) is 0 Å². The molecule has 1 heterocycles. The van der Waals surface area contributed by atoms with Crippen molar-refractivity contribution in [3.8, 4) is 0 Å². The minimum atomic E-state index is -4.21. The van der Waals surface area contributed by atoms with E-state index in [2.05, 4.69) is 4.98 Å². The van der Waals surface area contributed by atoms with Gasteiger partial charge in [0, 0.05) is 18.8 Å². The van der Waals surface area contributed by atoms with Crippen molar-refractivity contribution in [3.63, 3.8) is 0 Å². The highest BCUT2D eigenvalue weighted by Crippen LogP contribution is 2.40. The summed E-state index contributed by atoms with van der Waals surface area (Å²) in [5.74, 6) is -4.05. The Hall–Kier alpha value is -1.07. The maximum absolute atomic E-state index is 12.9. The molecule has 0 atom stereocenters. The average Bonchev–Trinajstić information content (AvgIpc) is 2.56. The molecule has 1 rings (SSSR count). The van der Waals surface area contributed by atoms with E-state index in [9.17, 15) is 17.6 Å². The number of rotatable bonds is 3. The molecule has 13 heavy (non-hydrogen) atoms. The quantitative estimate of drug-likeness (QED) is 0.679. The first-order valence-electron chi connectivity index (χ1n) is 3.66. The van der Waals surface area contributed by atoms with Crippen LogP contribution in [0.2, 0.25) is 0 Å². The molecule has 74 valence electrons. The first kappa shape index (κ1) is 10.0. The van der Waals surface area contributed by atoms with Gasteiger partial charge < -0.3 is 0 Å². The Bertz CT molecular complexity index is 268. The molecule has 0 N–H and O–H groups in total. The van der Waals surface area contributed by atoms with E-state index < -0.39 is 18.4 Å². The highest BCUT2D eigenvalue weighted by molar-refractivity contribution is 4.87. The zero-order chi connectivity index (χ0) is 10.1. The summed E-state index contributed by atoms with van der Waals surface area (Å²) in [6, 6.07) is -4.21. The van der Waals surface area contributed by atoms with Gasteiger partial charge in [-0.05, 0) is 0 Å². The molecule has 0 unspecified atom stereocenters. The molecule has 1 aromatic heterocycles. The third-order valence-electron chi connectivity index (χ3n) is 1.71. The summed E-state index contributed by atoms with van der Waals surface area (Å²) in [6.45, 7) is 1.00. The first-order chi connectivity index (χ1) is 5.92. The van der Waals surface area contributed by atoms with Crippen LogP contribution in [0.5, 0.6) is 0 Å². The summed E-state index contributed by atoms with van der Waals surface area (Å²) in [5.41, 5.74) is 0. The van der Waals surface area contributed by atoms with Crippen molar-refractivity contribution in [1.29, 1.82) is 0 Å². The Morgan fingerprint density at radius 1 is 1.31 bits per heavy atom. The monoisotopic (exact) mass is 196 g/mol. The maximum atomic E-state index is 12.9. The molecule has 0 spiro atoms. The molecule has 0 aliphatic carbocycles. The molecule has 0 bridgehead atoms. The van der Waals surface area contributed by atoms with Crippen LogP contribution >= 0.6 is 0 Å². The number of alkyl halides is 4. The molecule has 0 aliphatic rings. The van der Waals surface area contributed by atoms with E-state index in [0.717, 1.165) is 19.3 Å². The van der Waals surface area contributed by atoms with Crippen LogP contribution in [0.1, 0.15) is 13.3 Å². The molecule has 0 saturated carbocycles. The van der Waals surface area contributed by atoms with E-state index in [1.165, 1.54) is 0 Å². The minimum Gasteiger partial charge on any atom is -0.272 e. The largest absolute Gasteiger partial charge is 0.392 e. The van der Waals surface area contributed by atoms with Gasteiger partial charge in [0.25, 0.3) is 0 Å². The Morgan fingerprint density at radius 3 is 2.31 bits per heavy atom. The van der Waals surface area contributed by atoms with Crippen LogP contribution in [-0.4, -0.2) is 15.5 Å². The third kappa shape index (κ3) is 1.52. The van der Waals surface area contributed by atoms with Crippen LogP contribution < -0.4 is 0 Å². The molecule has 0 aliphatic heterocycles. The second kappa shape index (κ2) is 3.01. The molecule has 0 aromatic carbocycles. The number of imidazole rings is 1. The Balaban J connectivity index is 3.02. The predicted octanol–water partition coefficient (Wildman–Crippen LogP) is 2.48. The van der Waals surface area contributed by atoms with Crippen LogP contribution in [0.15, 0.2) is 18.7 Å². The maximum Gasteiger partial charge on any atom is 0.392 e. The van der Waals surface area contributed by atoms with Gasteiger partial charge >= 0.3 is 12.0 Å². The van der Waals surface area contributed by atoms with Gasteiger partial charge in [0.05, 0.1) is 6.33 Å². The lowest BCUT2D eigenvalue weighted by Gasteiger charge is -2.25. The number of aromatic nitrogens is 2. The molecule has 1 aromatic rings. The normalized spacial score (nSPS) is 13.3. The van der Waals surface area contributed by atoms with E-state index in [4.69, 9.17) is 0 Å². The van der Waals surface area contributed by atoms with Gasteiger partial charge in [-0.3, -0.25) is 4.57 Å². The summed E-state index contributed by atoms with van der Waals surface area (Å²) in [4.78, 5) is 3.29. The molecule has 2 nitrogen and oxygen atoms in total. The summed E-state index contributed by atoms with van der Waals surface area (Å²) in [6.07, 6.45) is 1.59. The smallest absolute Gasteiger partial charge is 0.272 e. The van der Waals surface area contributed by atoms with Gasteiger partial charge in [0.2, 0.25) is 0 Å². The van der Waals surface area contributed by atoms with Gasteiger partial charge in [-0.25, -0.2) is 4.98 Å². The van der Waals surface area contributed by atoms with E-state index >= 15 is 0 Å². The van der Waals surface area contributed by atoms with Gasteiger partial charge in [-0.15, -0.1) is 0 Å². The fraction of sp³-hybridized carbons (Fsp3) is 0.571. The van der Waals surface area contributed by atoms with Gasteiger partial charge in [0.15, 0.2) is 0 Å². The molecule has 6 heteroatoms. The van der Waals surface area contributed by atoms with Crippen molar-refractivity contribution >= 4 is 0 Å². The topological polar surface area (TPSA) is 17.8 Å². The van der Waals surface area contributed by atoms with Crippen molar-refractivity contribution in [1.82, 2.24) is 9.55 Å². The highest BCUT2D eigenvalue weighted by atomic mass is 19.3. The summed E-state index contributed by atoms with van der Waals surface area (Å²) >= 11 is 0. The standard InChI is InChI=1S/C7H8F4N2/c1-2-6(8,9)7(10,11)13-4-3-12-5-13/h3-5H,2H2,1H3. The van der Waals surface area contributed by atoms with E-state index in [1.54, 1.807) is 0 Å². The molecule has 0 fully saturated rings. The van der Waals surface area contributed by atoms with Crippen molar-refractivity contribution in [2.24, 2.45) is 0 Å². The van der Waals surface area contributed by atoms with Crippen molar-refractivity contribution < 1.29 is 17.6 Å². The van der Waals surface area contributed by atoms with E-state index in [0.29, 0.717) is 6.33 Å². The van der Waals surface area contributed by atoms with Crippen molar-refractivity contribution in [2.75, 3.05) is 0 Å². The van der Waals surface area contributed by atoms with Gasteiger partial charge in [-0.1, -0.05) is 6.92 Å². The molecule has 0 amide bonds. The van der Waals surface area contributed by atoms with Gasteiger partial charge in [-0.2, -0.15) is 17.6 Å². The first-order valence-corrected chi connectivity index (χ1v) is 3.66. The van der Waals surface area contributed by atoms with Crippen molar-refractivity contribution in [3.05, 3.63) is 18.7 Å². The Labute approximate surface area is 72.2 Å². The summed E-state index contributed by atoms with van der Waals surface area (Å²) in [5, 5.41) is 0. The second-order valence-electron chi connectivity index (χ2n) is 2.57. The van der Waals surface area contributed by atoms with Gasteiger partial charge in [0.1, 0.15) is 0 Å².